The van der Waals surface area contributed by atoms with E-state index < -0.39 is 20.8 Å². The zero-order chi connectivity index (χ0) is 18.7. The molecule has 0 aliphatic carbocycles. The van der Waals surface area contributed by atoms with Crippen LogP contribution in [0, 0.1) is 0 Å². The van der Waals surface area contributed by atoms with Gasteiger partial charge in [-0.15, -0.1) is 10.2 Å². The van der Waals surface area contributed by atoms with Crippen LogP contribution in [0.3, 0.4) is 0 Å². The lowest BCUT2D eigenvalue weighted by Gasteiger charge is -2.08. The number of benzene rings is 3. The van der Waals surface area contributed by atoms with Crippen LogP contribution in [0.15, 0.2) is 69.7 Å². The van der Waals surface area contributed by atoms with Crippen molar-refractivity contribution in [3.8, 4) is 11.5 Å². The Labute approximate surface area is 148 Å². The van der Waals surface area contributed by atoms with Gasteiger partial charge in [0.2, 0.25) is 0 Å². The fraction of sp³-hybridized carbons (Fsp3) is 0. The molecule has 0 unspecified atom stereocenters. The van der Waals surface area contributed by atoms with E-state index in [0.717, 1.165) is 0 Å². The van der Waals surface area contributed by atoms with Crippen molar-refractivity contribution in [1.82, 2.24) is 0 Å². The summed E-state index contributed by atoms with van der Waals surface area (Å²) in [4.78, 5) is 10.2. The molecular weight excluding hydrogens is 360 g/mol. The van der Waals surface area contributed by atoms with E-state index in [4.69, 9.17) is 4.74 Å². The van der Waals surface area contributed by atoms with Crippen LogP contribution in [-0.4, -0.2) is 24.5 Å². The highest BCUT2D eigenvalue weighted by atomic mass is 32.2. The molecule has 0 aromatic heterocycles. The van der Waals surface area contributed by atoms with Gasteiger partial charge < -0.3 is 9.84 Å². The van der Waals surface area contributed by atoms with Gasteiger partial charge in [0.25, 0.3) is 16.6 Å². The van der Waals surface area contributed by atoms with Crippen molar-refractivity contribution in [3.05, 3.63) is 54.6 Å². The average Bonchev–Trinajstić information content (AvgIpc) is 2.61. The predicted molar refractivity (Wildman–Crippen MR) is 92.7 cm³/mol. The third kappa shape index (κ3) is 3.39. The van der Waals surface area contributed by atoms with Crippen LogP contribution in [0.2, 0.25) is 0 Å². The van der Waals surface area contributed by atoms with E-state index in [0.29, 0.717) is 10.8 Å². The lowest BCUT2D eigenvalue weighted by molar-refractivity contribution is -0.120. The average molecular weight is 372 g/mol. The number of ether oxygens (including phenoxy) is 1. The number of rotatable bonds is 5. The summed E-state index contributed by atoms with van der Waals surface area (Å²) >= 11 is 0. The molecule has 0 saturated heterocycles. The zero-order valence-corrected chi connectivity index (χ0v) is 13.9. The Morgan fingerprint density at radius 3 is 2.42 bits per heavy atom. The molecule has 0 heterocycles. The number of carbonyl (C=O) groups is 1. The molecule has 132 valence electrons. The van der Waals surface area contributed by atoms with Gasteiger partial charge >= 0.3 is 0 Å². The summed E-state index contributed by atoms with van der Waals surface area (Å²) in [6, 6.07) is 13.8. The van der Waals surface area contributed by atoms with E-state index in [1.54, 1.807) is 24.3 Å². The first-order valence-corrected chi connectivity index (χ1v) is 8.69. The summed E-state index contributed by atoms with van der Waals surface area (Å²) in [5, 5.41) is 19.2. The third-order valence-corrected chi connectivity index (χ3v) is 4.44. The molecule has 0 saturated carbocycles. The maximum absolute atomic E-state index is 11.4. The SMILES string of the molecule is O=COc1cc2ccccc2c(N=Nc2ccccc2S(=O)(=O)O)c1O. The number of carbonyl (C=O) groups excluding carboxylic acids is 1. The fourth-order valence-corrected chi connectivity index (χ4v) is 3.02. The predicted octanol–water partition coefficient (Wildman–Crippen LogP) is 3.74. The maximum Gasteiger partial charge on any atom is 0.298 e. The molecule has 0 spiro atoms. The maximum atomic E-state index is 11.4. The van der Waals surface area contributed by atoms with Crippen LogP contribution in [0.4, 0.5) is 11.4 Å². The molecule has 9 heteroatoms. The minimum atomic E-state index is -4.49. The van der Waals surface area contributed by atoms with Gasteiger partial charge in [0.15, 0.2) is 11.5 Å². The second kappa shape index (κ2) is 6.90. The Hall–Kier alpha value is -3.30. The van der Waals surface area contributed by atoms with Gasteiger partial charge in [-0.3, -0.25) is 9.35 Å². The number of phenols is 1. The smallest absolute Gasteiger partial charge is 0.298 e. The molecule has 3 aromatic carbocycles. The summed E-state index contributed by atoms with van der Waals surface area (Å²) in [7, 11) is -4.49. The van der Waals surface area contributed by atoms with Crippen LogP contribution in [0.25, 0.3) is 10.8 Å². The molecule has 3 rings (SSSR count). The van der Waals surface area contributed by atoms with Crippen molar-refractivity contribution in [2.24, 2.45) is 10.2 Å². The molecular formula is C17H12N2O6S. The van der Waals surface area contributed by atoms with Crippen LogP contribution < -0.4 is 4.74 Å². The molecule has 8 nitrogen and oxygen atoms in total. The van der Waals surface area contributed by atoms with Gasteiger partial charge in [-0.25, -0.2) is 0 Å². The molecule has 3 aromatic rings. The number of aromatic hydroxyl groups is 1. The number of fused-ring (bicyclic) bond motifs is 1. The van der Waals surface area contributed by atoms with Crippen molar-refractivity contribution in [2.75, 3.05) is 0 Å². The molecule has 0 radical (unpaired) electrons. The van der Waals surface area contributed by atoms with Gasteiger partial charge in [-0.1, -0.05) is 36.4 Å². The summed E-state index contributed by atoms with van der Waals surface area (Å²) in [6.07, 6.45) is 0. The molecule has 0 bridgehead atoms. The molecule has 0 fully saturated rings. The summed E-state index contributed by atoms with van der Waals surface area (Å²) in [6.45, 7) is 0.165. The minimum absolute atomic E-state index is 0.00918. The highest BCUT2D eigenvalue weighted by molar-refractivity contribution is 7.86. The van der Waals surface area contributed by atoms with Crippen LogP contribution in [0.5, 0.6) is 11.5 Å². The zero-order valence-electron chi connectivity index (χ0n) is 13.1. The van der Waals surface area contributed by atoms with Gasteiger partial charge in [0.05, 0.1) is 0 Å². The molecule has 26 heavy (non-hydrogen) atoms. The first-order chi connectivity index (χ1) is 12.4. The Kier molecular flexibility index (Phi) is 4.65. The topological polar surface area (TPSA) is 126 Å². The van der Waals surface area contributed by atoms with Crippen LogP contribution >= 0.6 is 0 Å². The summed E-state index contributed by atoms with van der Waals surface area (Å²) in [5.41, 5.74) is -0.120. The lowest BCUT2D eigenvalue weighted by Crippen LogP contribution is -1.97. The van der Waals surface area contributed by atoms with E-state index in [-0.39, 0.29) is 23.6 Å². The second-order valence-electron chi connectivity index (χ2n) is 5.15. The highest BCUT2D eigenvalue weighted by Crippen LogP contribution is 2.43. The molecule has 0 amide bonds. The number of phenolic OH excluding ortho intramolecular Hbond substituents is 1. The number of hydrogen-bond donors (Lipinski definition) is 2. The minimum Gasteiger partial charge on any atom is -0.503 e. The van der Waals surface area contributed by atoms with Crippen molar-refractivity contribution >= 4 is 38.7 Å². The second-order valence-corrected chi connectivity index (χ2v) is 6.54. The van der Waals surface area contributed by atoms with Crippen LogP contribution in [-0.2, 0) is 14.9 Å². The third-order valence-electron chi connectivity index (χ3n) is 3.54. The molecule has 2 N–H and O–H groups in total. The van der Waals surface area contributed by atoms with Crippen molar-refractivity contribution in [1.29, 1.82) is 0 Å². The van der Waals surface area contributed by atoms with Crippen molar-refractivity contribution in [2.45, 2.75) is 4.90 Å². The Bertz CT molecular complexity index is 1130. The van der Waals surface area contributed by atoms with Gasteiger partial charge in [0.1, 0.15) is 16.3 Å². The Morgan fingerprint density at radius 1 is 1.00 bits per heavy atom. The quantitative estimate of drug-likeness (QED) is 0.399. The van der Waals surface area contributed by atoms with Crippen LogP contribution in [0.1, 0.15) is 0 Å². The monoisotopic (exact) mass is 372 g/mol. The van der Waals surface area contributed by atoms with E-state index in [1.165, 1.54) is 30.3 Å². The summed E-state index contributed by atoms with van der Waals surface area (Å²) in [5.74, 6) is -0.542. The first-order valence-electron chi connectivity index (χ1n) is 7.25. The standard InChI is InChI=1S/C17H12N2O6S/c20-10-25-14-9-11-5-1-2-6-12(11)16(17(14)21)19-18-13-7-3-4-8-15(13)26(22,23)24/h1-10,21H,(H,22,23,24). The van der Waals surface area contributed by atoms with E-state index in [1.807, 2.05) is 0 Å². The normalized spacial score (nSPS) is 11.7. The van der Waals surface area contributed by atoms with Gasteiger partial charge in [-0.2, -0.15) is 8.42 Å². The number of hydrogen-bond acceptors (Lipinski definition) is 7. The van der Waals surface area contributed by atoms with E-state index >= 15 is 0 Å². The first kappa shape index (κ1) is 17.5. The molecule has 0 aliphatic rings. The highest BCUT2D eigenvalue weighted by Gasteiger charge is 2.16. The lowest BCUT2D eigenvalue weighted by atomic mass is 10.1. The van der Waals surface area contributed by atoms with Crippen molar-refractivity contribution in [3.63, 3.8) is 0 Å². The fourth-order valence-electron chi connectivity index (χ4n) is 2.40. The van der Waals surface area contributed by atoms with E-state index in [2.05, 4.69) is 10.2 Å². The largest absolute Gasteiger partial charge is 0.503 e. The Balaban J connectivity index is 2.19. The van der Waals surface area contributed by atoms with E-state index in [9.17, 15) is 22.9 Å². The number of azo groups is 1. The van der Waals surface area contributed by atoms with Gasteiger partial charge in [0, 0.05) is 5.39 Å². The number of nitrogens with zero attached hydrogens (tertiary/aromatic N) is 2. The molecule has 0 atom stereocenters. The summed E-state index contributed by atoms with van der Waals surface area (Å²) < 4.78 is 36.9. The van der Waals surface area contributed by atoms with Crippen molar-refractivity contribution < 1.29 is 27.6 Å². The van der Waals surface area contributed by atoms with Gasteiger partial charge in [-0.05, 0) is 23.6 Å². The Morgan fingerprint density at radius 2 is 1.69 bits per heavy atom. The molecule has 0 aliphatic heterocycles.